The second-order valence-corrected chi connectivity index (χ2v) is 10.0. The molecule has 0 atom stereocenters. The van der Waals surface area contributed by atoms with Gasteiger partial charge in [0.2, 0.25) is 0 Å². The van der Waals surface area contributed by atoms with Crippen molar-refractivity contribution in [3.05, 3.63) is 99.5 Å². The van der Waals surface area contributed by atoms with Crippen molar-refractivity contribution in [3.63, 3.8) is 0 Å². The molecule has 3 aromatic heterocycles. The van der Waals surface area contributed by atoms with Gasteiger partial charge in [-0.3, -0.25) is 9.97 Å². The summed E-state index contributed by atoms with van der Waals surface area (Å²) in [6.07, 6.45) is 5.16. The first-order valence-electron chi connectivity index (χ1n) is 12.1. The van der Waals surface area contributed by atoms with Crippen molar-refractivity contribution in [3.8, 4) is 45.2 Å². The second kappa shape index (κ2) is 9.36. The van der Waals surface area contributed by atoms with Crippen LogP contribution in [0.25, 0.3) is 45.2 Å². The van der Waals surface area contributed by atoms with Crippen LogP contribution >= 0.6 is 11.6 Å². The van der Waals surface area contributed by atoms with Gasteiger partial charge in [0.1, 0.15) is 5.82 Å². The summed E-state index contributed by atoms with van der Waals surface area (Å²) in [5.41, 5.74) is 14.1. The number of rotatable bonds is 4. The molecule has 36 heavy (non-hydrogen) atoms. The highest BCUT2D eigenvalue weighted by molar-refractivity contribution is 6.33. The Labute approximate surface area is 217 Å². The molecule has 0 fully saturated rings. The number of halogens is 1. The number of H-pyrrole nitrogens is 1. The van der Waals surface area contributed by atoms with Crippen LogP contribution in [-0.2, 0) is 0 Å². The van der Waals surface area contributed by atoms with Gasteiger partial charge in [-0.1, -0.05) is 47.0 Å². The lowest BCUT2D eigenvalue weighted by Gasteiger charge is -2.14. The molecule has 5 heteroatoms. The average molecular weight is 493 g/mol. The van der Waals surface area contributed by atoms with Gasteiger partial charge in [0.05, 0.1) is 22.1 Å². The Morgan fingerprint density at radius 2 is 1.31 bits per heavy atom. The summed E-state index contributed by atoms with van der Waals surface area (Å²) >= 11 is 6.53. The van der Waals surface area contributed by atoms with Crippen LogP contribution in [0.3, 0.4) is 0 Å². The molecule has 0 aliphatic heterocycles. The molecule has 0 saturated heterocycles. The number of benzene rings is 2. The van der Waals surface area contributed by atoms with Gasteiger partial charge >= 0.3 is 0 Å². The zero-order valence-corrected chi connectivity index (χ0v) is 22.2. The zero-order chi connectivity index (χ0) is 25.6. The number of nitrogens with one attached hydrogen (secondary N) is 1. The van der Waals surface area contributed by atoms with E-state index in [9.17, 15) is 0 Å². The van der Waals surface area contributed by atoms with E-state index in [1.165, 1.54) is 38.9 Å². The maximum Gasteiger partial charge on any atom is 0.140 e. The van der Waals surface area contributed by atoms with Crippen LogP contribution in [0.5, 0.6) is 0 Å². The number of pyridine rings is 2. The Morgan fingerprint density at radius 1 is 0.694 bits per heavy atom. The molecule has 2 aromatic carbocycles. The van der Waals surface area contributed by atoms with E-state index in [0.717, 1.165) is 39.6 Å². The first kappa shape index (κ1) is 24.0. The van der Waals surface area contributed by atoms with Gasteiger partial charge < -0.3 is 4.98 Å². The number of aryl methyl sites for hydroxylation is 6. The van der Waals surface area contributed by atoms with Crippen molar-refractivity contribution < 1.29 is 0 Å². The zero-order valence-electron chi connectivity index (χ0n) is 21.5. The molecule has 3 heterocycles. The molecule has 4 nitrogen and oxygen atoms in total. The third-order valence-electron chi connectivity index (χ3n) is 6.64. The van der Waals surface area contributed by atoms with Gasteiger partial charge in [-0.05, 0) is 82.0 Å². The summed E-state index contributed by atoms with van der Waals surface area (Å²) < 4.78 is 0. The number of hydrogen-bond acceptors (Lipinski definition) is 3. The van der Waals surface area contributed by atoms with Crippen LogP contribution < -0.4 is 0 Å². The van der Waals surface area contributed by atoms with Gasteiger partial charge in [-0.15, -0.1) is 0 Å². The summed E-state index contributed by atoms with van der Waals surface area (Å²) in [4.78, 5) is 17.8. The molecule has 5 aromatic rings. The van der Waals surface area contributed by atoms with Crippen molar-refractivity contribution in [1.82, 2.24) is 19.9 Å². The van der Waals surface area contributed by atoms with Gasteiger partial charge in [-0.25, -0.2) is 4.98 Å². The van der Waals surface area contributed by atoms with Crippen LogP contribution in [-0.4, -0.2) is 19.9 Å². The molecule has 0 aliphatic carbocycles. The maximum absolute atomic E-state index is 6.53. The van der Waals surface area contributed by atoms with Crippen molar-refractivity contribution in [2.24, 2.45) is 0 Å². The van der Waals surface area contributed by atoms with E-state index in [1.807, 2.05) is 18.2 Å². The fourth-order valence-corrected chi connectivity index (χ4v) is 5.58. The number of hydrogen-bond donors (Lipinski definition) is 1. The summed E-state index contributed by atoms with van der Waals surface area (Å²) in [6.45, 7) is 12.9. The van der Waals surface area contributed by atoms with Crippen LogP contribution in [0.4, 0.5) is 0 Å². The quantitative estimate of drug-likeness (QED) is 0.274. The van der Waals surface area contributed by atoms with Crippen LogP contribution in [0, 0.1) is 41.5 Å². The van der Waals surface area contributed by atoms with Gasteiger partial charge in [0.25, 0.3) is 0 Å². The smallest absolute Gasteiger partial charge is 0.140 e. The first-order chi connectivity index (χ1) is 17.2. The van der Waals surface area contributed by atoms with E-state index >= 15 is 0 Å². The Kier molecular flexibility index (Phi) is 6.23. The Balaban J connectivity index is 1.83. The lowest BCUT2D eigenvalue weighted by Crippen LogP contribution is -1.96. The van der Waals surface area contributed by atoms with Crippen LogP contribution in [0.15, 0.2) is 61.1 Å². The first-order valence-corrected chi connectivity index (χ1v) is 12.4. The average Bonchev–Trinajstić information content (AvgIpc) is 3.22. The van der Waals surface area contributed by atoms with Gasteiger partial charge in [-0.2, -0.15) is 0 Å². The standard InChI is InChI=1S/C31H29ClN4/c1-17-12-19(3)26(20(4)13-17)29-30(27-21(5)14-18(2)15-22(27)6)36-31(35-29)24-8-7-10-34-28(24)23-9-11-33-16-25(23)32/h7-16H,1-6H3,(H,35,36). The van der Waals surface area contributed by atoms with E-state index in [2.05, 4.69) is 75.8 Å². The minimum Gasteiger partial charge on any atom is -0.337 e. The number of aromatic nitrogens is 4. The van der Waals surface area contributed by atoms with Gasteiger partial charge in [0, 0.05) is 40.8 Å². The molecule has 1 N–H and O–H groups in total. The molecular formula is C31H29ClN4. The predicted molar refractivity (Wildman–Crippen MR) is 149 cm³/mol. The Bertz CT molecular complexity index is 1490. The third kappa shape index (κ3) is 4.22. The van der Waals surface area contributed by atoms with E-state index in [-0.39, 0.29) is 0 Å². The molecule has 0 saturated carbocycles. The summed E-state index contributed by atoms with van der Waals surface area (Å²) in [7, 11) is 0. The molecule has 0 amide bonds. The van der Waals surface area contributed by atoms with Crippen molar-refractivity contribution in [2.45, 2.75) is 41.5 Å². The highest BCUT2D eigenvalue weighted by Crippen LogP contribution is 2.41. The summed E-state index contributed by atoms with van der Waals surface area (Å²) in [5.74, 6) is 0.759. The topological polar surface area (TPSA) is 54.5 Å². The predicted octanol–water partition coefficient (Wildman–Crippen LogP) is 8.37. The summed E-state index contributed by atoms with van der Waals surface area (Å²) in [5, 5.41) is 0.555. The molecule has 0 unspecified atom stereocenters. The second-order valence-electron chi connectivity index (χ2n) is 9.61. The molecule has 180 valence electrons. The van der Waals surface area contributed by atoms with E-state index in [0.29, 0.717) is 5.02 Å². The summed E-state index contributed by atoms with van der Waals surface area (Å²) in [6, 6.07) is 14.8. The van der Waals surface area contributed by atoms with Crippen molar-refractivity contribution in [2.75, 3.05) is 0 Å². The largest absolute Gasteiger partial charge is 0.337 e. The number of aromatic amines is 1. The third-order valence-corrected chi connectivity index (χ3v) is 6.94. The van der Waals surface area contributed by atoms with Crippen molar-refractivity contribution >= 4 is 11.6 Å². The fourth-order valence-electron chi connectivity index (χ4n) is 5.37. The molecule has 0 radical (unpaired) electrons. The highest BCUT2D eigenvalue weighted by atomic mass is 35.5. The Hall–Kier alpha value is -3.76. The van der Waals surface area contributed by atoms with E-state index in [4.69, 9.17) is 21.6 Å². The minimum atomic E-state index is 0.555. The molecule has 0 aliphatic rings. The number of imidazole rings is 1. The van der Waals surface area contributed by atoms with E-state index < -0.39 is 0 Å². The molecule has 0 spiro atoms. The lowest BCUT2D eigenvalue weighted by molar-refractivity contribution is 1.24. The SMILES string of the molecule is Cc1cc(C)c(-c2nc(-c3cccnc3-c3ccncc3Cl)[nH]c2-c2c(C)cc(C)cc2C)c(C)c1. The maximum atomic E-state index is 6.53. The molecule has 0 bridgehead atoms. The Morgan fingerprint density at radius 3 is 1.92 bits per heavy atom. The fraction of sp³-hybridized carbons (Fsp3) is 0.194. The monoisotopic (exact) mass is 492 g/mol. The van der Waals surface area contributed by atoms with Crippen molar-refractivity contribution in [1.29, 1.82) is 0 Å². The molecule has 5 rings (SSSR count). The molecular weight excluding hydrogens is 464 g/mol. The lowest BCUT2D eigenvalue weighted by atomic mass is 9.91. The highest BCUT2D eigenvalue weighted by Gasteiger charge is 2.23. The normalized spacial score (nSPS) is 11.2. The minimum absolute atomic E-state index is 0.555. The van der Waals surface area contributed by atoms with E-state index in [1.54, 1.807) is 18.6 Å². The van der Waals surface area contributed by atoms with Gasteiger partial charge in [0.15, 0.2) is 0 Å². The van der Waals surface area contributed by atoms with Crippen LogP contribution in [0.1, 0.15) is 33.4 Å². The number of nitrogens with zero attached hydrogens (tertiary/aromatic N) is 3. The van der Waals surface area contributed by atoms with Crippen LogP contribution in [0.2, 0.25) is 5.02 Å².